The van der Waals surface area contributed by atoms with Crippen molar-refractivity contribution in [2.24, 2.45) is 0 Å². The fourth-order valence-electron chi connectivity index (χ4n) is 2.38. The van der Waals surface area contributed by atoms with Crippen molar-refractivity contribution in [3.8, 4) is 10.6 Å². The van der Waals surface area contributed by atoms with Crippen molar-refractivity contribution in [3.63, 3.8) is 0 Å². The van der Waals surface area contributed by atoms with E-state index < -0.39 is 0 Å². The number of carbonyl (C=O) groups is 1. The van der Waals surface area contributed by atoms with Crippen molar-refractivity contribution in [1.82, 2.24) is 10.3 Å². The van der Waals surface area contributed by atoms with E-state index in [0.717, 1.165) is 16.1 Å². The maximum Gasteiger partial charge on any atom is 0.220 e. The van der Waals surface area contributed by atoms with Crippen LogP contribution in [0.25, 0.3) is 10.6 Å². The zero-order valence-corrected chi connectivity index (χ0v) is 13.9. The van der Waals surface area contributed by atoms with E-state index in [1.54, 1.807) is 35.7 Å². The van der Waals surface area contributed by atoms with E-state index in [-0.39, 0.29) is 18.1 Å². The second-order valence-corrected chi connectivity index (χ2v) is 6.34. The van der Waals surface area contributed by atoms with E-state index >= 15 is 0 Å². The fraction of sp³-hybridized carbons (Fsp3) is 0.158. The molecule has 122 valence electrons. The Morgan fingerprint density at radius 1 is 1.17 bits per heavy atom. The van der Waals surface area contributed by atoms with Gasteiger partial charge in [-0.15, -0.1) is 11.3 Å². The molecule has 0 unspecified atom stereocenters. The highest BCUT2D eigenvalue weighted by Gasteiger charge is 2.07. The highest BCUT2D eigenvalue weighted by atomic mass is 32.1. The van der Waals surface area contributed by atoms with E-state index in [0.29, 0.717) is 18.5 Å². The summed E-state index contributed by atoms with van der Waals surface area (Å²) >= 11 is 1.63. The topological polar surface area (TPSA) is 42.0 Å². The van der Waals surface area contributed by atoms with Gasteiger partial charge in [0.1, 0.15) is 5.82 Å². The minimum atomic E-state index is -0.264. The molecule has 1 amide bonds. The molecule has 0 saturated heterocycles. The van der Waals surface area contributed by atoms with Crippen molar-refractivity contribution < 1.29 is 9.18 Å². The van der Waals surface area contributed by atoms with Gasteiger partial charge in [-0.3, -0.25) is 9.78 Å². The number of aromatic nitrogens is 1. The largest absolute Gasteiger partial charge is 0.352 e. The summed E-state index contributed by atoms with van der Waals surface area (Å²) in [6.07, 6.45) is 2.41. The minimum absolute atomic E-state index is 0.0901. The Labute approximate surface area is 144 Å². The Morgan fingerprint density at radius 2 is 2.04 bits per heavy atom. The Hall–Kier alpha value is -2.53. The third kappa shape index (κ3) is 4.26. The molecule has 0 fully saturated rings. The lowest BCUT2D eigenvalue weighted by atomic mass is 10.1. The molecule has 0 aliphatic carbocycles. The van der Waals surface area contributed by atoms with Gasteiger partial charge in [-0.2, -0.15) is 0 Å². The Bertz CT molecular complexity index is 818. The molecule has 5 heteroatoms. The van der Waals surface area contributed by atoms with Crippen LogP contribution >= 0.6 is 11.3 Å². The molecule has 2 heterocycles. The molecule has 3 aromatic rings. The molecular formula is C19H17FN2OS. The van der Waals surface area contributed by atoms with Gasteiger partial charge in [0.25, 0.3) is 0 Å². The average Bonchev–Trinajstić information content (AvgIpc) is 3.14. The third-order valence-corrected chi connectivity index (χ3v) is 4.56. The van der Waals surface area contributed by atoms with E-state index in [2.05, 4.69) is 10.3 Å². The van der Waals surface area contributed by atoms with Crippen LogP contribution in [0.3, 0.4) is 0 Å². The van der Waals surface area contributed by atoms with E-state index in [1.165, 1.54) is 6.07 Å². The molecule has 2 aromatic heterocycles. The Balaban J connectivity index is 1.53. The molecule has 3 rings (SSSR count). The standard InChI is InChI=1S/C19H17FN2OS/c20-16-5-2-1-4-15(16)7-8-19(23)22-13-14-9-10-21-17(12-14)18-6-3-11-24-18/h1-6,9-12H,7-8,13H2,(H,22,23). The number of pyridine rings is 1. The SMILES string of the molecule is O=C(CCc1ccccc1F)NCc1ccnc(-c2cccs2)c1. The summed E-state index contributed by atoms with van der Waals surface area (Å²) in [7, 11) is 0. The van der Waals surface area contributed by atoms with Crippen LogP contribution in [-0.2, 0) is 17.8 Å². The summed E-state index contributed by atoms with van der Waals surface area (Å²) in [4.78, 5) is 17.4. The minimum Gasteiger partial charge on any atom is -0.352 e. The monoisotopic (exact) mass is 340 g/mol. The van der Waals surface area contributed by atoms with Crippen molar-refractivity contribution in [1.29, 1.82) is 0 Å². The molecule has 0 spiro atoms. The van der Waals surface area contributed by atoms with E-state index in [4.69, 9.17) is 0 Å². The van der Waals surface area contributed by atoms with Gasteiger partial charge in [-0.25, -0.2) is 4.39 Å². The zero-order chi connectivity index (χ0) is 16.8. The maximum atomic E-state index is 13.5. The summed E-state index contributed by atoms with van der Waals surface area (Å²) in [5.74, 6) is -0.354. The summed E-state index contributed by atoms with van der Waals surface area (Å²) < 4.78 is 13.5. The molecule has 1 aromatic carbocycles. The second kappa shape index (κ2) is 7.84. The van der Waals surface area contributed by atoms with Crippen LogP contribution in [-0.4, -0.2) is 10.9 Å². The molecule has 0 bridgehead atoms. The highest BCUT2D eigenvalue weighted by molar-refractivity contribution is 7.13. The highest BCUT2D eigenvalue weighted by Crippen LogP contribution is 2.22. The third-order valence-electron chi connectivity index (χ3n) is 3.67. The number of benzene rings is 1. The van der Waals surface area contributed by atoms with Gasteiger partial charge < -0.3 is 5.32 Å². The Morgan fingerprint density at radius 3 is 2.83 bits per heavy atom. The number of nitrogens with zero attached hydrogens (tertiary/aromatic N) is 1. The summed E-state index contributed by atoms with van der Waals surface area (Å²) in [5, 5.41) is 4.88. The average molecular weight is 340 g/mol. The van der Waals surface area contributed by atoms with Gasteiger partial charge in [0.15, 0.2) is 0 Å². The lowest BCUT2D eigenvalue weighted by Crippen LogP contribution is -2.23. The van der Waals surface area contributed by atoms with Crippen molar-refractivity contribution in [3.05, 3.63) is 77.1 Å². The molecule has 0 saturated carbocycles. The van der Waals surface area contributed by atoms with Gasteiger partial charge in [0, 0.05) is 19.2 Å². The van der Waals surface area contributed by atoms with E-state index in [9.17, 15) is 9.18 Å². The van der Waals surface area contributed by atoms with Gasteiger partial charge in [-0.1, -0.05) is 24.3 Å². The summed E-state index contributed by atoms with van der Waals surface area (Å²) in [5.41, 5.74) is 2.47. The number of amides is 1. The number of thiophene rings is 1. The lowest BCUT2D eigenvalue weighted by Gasteiger charge is -2.07. The predicted molar refractivity (Wildman–Crippen MR) is 94.1 cm³/mol. The number of hydrogen-bond donors (Lipinski definition) is 1. The molecule has 0 aliphatic heterocycles. The quantitative estimate of drug-likeness (QED) is 0.731. The first-order valence-corrected chi connectivity index (χ1v) is 8.59. The number of halogens is 1. The zero-order valence-electron chi connectivity index (χ0n) is 13.0. The number of hydrogen-bond acceptors (Lipinski definition) is 3. The molecule has 24 heavy (non-hydrogen) atoms. The van der Waals surface area contributed by atoms with Gasteiger partial charge >= 0.3 is 0 Å². The molecule has 0 aliphatic rings. The van der Waals surface area contributed by atoms with Crippen LogP contribution in [0.2, 0.25) is 0 Å². The number of aryl methyl sites for hydroxylation is 1. The van der Waals surface area contributed by atoms with Crippen molar-refractivity contribution >= 4 is 17.2 Å². The number of nitrogens with one attached hydrogen (secondary N) is 1. The molecule has 3 nitrogen and oxygen atoms in total. The van der Waals surface area contributed by atoms with Gasteiger partial charge in [-0.05, 0) is 47.2 Å². The maximum absolute atomic E-state index is 13.5. The fourth-order valence-corrected chi connectivity index (χ4v) is 3.07. The smallest absolute Gasteiger partial charge is 0.220 e. The summed E-state index contributed by atoms with van der Waals surface area (Å²) in [6.45, 7) is 0.441. The second-order valence-electron chi connectivity index (χ2n) is 5.39. The first-order valence-electron chi connectivity index (χ1n) is 7.71. The number of carbonyl (C=O) groups excluding carboxylic acids is 1. The van der Waals surface area contributed by atoms with Crippen LogP contribution < -0.4 is 5.32 Å². The lowest BCUT2D eigenvalue weighted by molar-refractivity contribution is -0.121. The van der Waals surface area contributed by atoms with Crippen LogP contribution in [0.1, 0.15) is 17.5 Å². The molecule has 1 N–H and O–H groups in total. The first-order chi connectivity index (χ1) is 11.7. The number of rotatable bonds is 6. The first kappa shape index (κ1) is 16.3. The van der Waals surface area contributed by atoms with Crippen LogP contribution in [0, 0.1) is 5.82 Å². The van der Waals surface area contributed by atoms with Crippen molar-refractivity contribution in [2.45, 2.75) is 19.4 Å². The van der Waals surface area contributed by atoms with Crippen LogP contribution in [0.5, 0.6) is 0 Å². The van der Waals surface area contributed by atoms with Crippen LogP contribution in [0.4, 0.5) is 4.39 Å². The molecule has 0 radical (unpaired) electrons. The van der Waals surface area contributed by atoms with Crippen molar-refractivity contribution in [2.75, 3.05) is 0 Å². The predicted octanol–water partition coefficient (Wildman–Crippen LogP) is 4.20. The van der Waals surface area contributed by atoms with Crippen LogP contribution in [0.15, 0.2) is 60.1 Å². The Kier molecular flexibility index (Phi) is 5.33. The summed E-state index contributed by atoms with van der Waals surface area (Å²) in [6, 6.07) is 14.4. The van der Waals surface area contributed by atoms with Gasteiger partial charge in [0.05, 0.1) is 10.6 Å². The molecular weight excluding hydrogens is 323 g/mol. The van der Waals surface area contributed by atoms with E-state index in [1.807, 2.05) is 29.6 Å². The molecule has 0 atom stereocenters. The normalized spacial score (nSPS) is 10.5. The van der Waals surface area contributed by atoms with Gasteiger partial charge in [0.2, 0.25) is 5.91 Å².